The zero-order chi connectivity index (χ0) is 99.1. The van der Waals surface area contributed by atoms with Gasteiger partial charge in [0.25, 0.3) is 5.91 Å². The van der Waals surface area contributed by atoms with E-state index in [1.54, 1.807) is 7.11 Å². The number of methoxy groups -OCH3 is 1. The largest absolute Gasteiger partial charge is 0.435 e. The van der Waals surface area contributed by atoms with Gasteiger partial charge in [-0.25, -0.2) is 0 Å². The van der Waals surface area contributed by atoms with Crippen LogP contribution in [-0.4, -0.2) is 336 Å². The minimum absolute atomic E-state index is 0.0590. The van der Waals surface area contributed by atoms with Crippen molar-refractivity contribution in [3.05, 3.63) is 53.3 Å². The molecule has 132 heavy (non-hydrogen) atoms. The lowest BCUT2D eigenvalue weighted by atomic mass is 9.86. The molecule has 1 aromatic heterocycles. The number of aliphatic hydroxyl groups excluding tert-OH is 1. The van der Waals surface area contributed by atoms with Gasteiger partial charge in [-0.3, -0.25) is 67.7 Å². The van der Waals surface area contributed by atoms with Gasteiger partial charge in [-0.1, -0.05) is 37.3 Å². The van der Waals surface area contributed by atoms with Gasteiger partial charge in [-0.2, -0.15) is 18.3 Å². The lowest BCUT2D eigenvalue weighted by Crippen LogP contribution is -2.63. The summed E-state index contributed by atoms with van der Waals surface area (Å²) in [5.41, 5.74) is 7.64. The van der Waals surface area contributed by atoms with E-state index in [1.807, 2.05) is 0 Å². The number of aryl methyl sites for hydroxylation is 1. The number of benzene rings is 1. The molecule has 0 radical (unpaired) electrons. The van der Waals surface area contributed by atoms with Gasteiger partial charge in [0, 0.05) is 262 Å². The van der Waals surface area contributed by atoms with Crippen molar-refractivity contribution in [1.82, 2.24) is 75.6 Å². The van der Waals surface area contributed by atoms with Gasteiger partial charge in [-0.05, 0) is 255 Å². The van der Waals surface area contributed by atoms with Crippen molar-refractivity contribution in [3.63, 3.8) is 0 Å². The van der Waals surface area contributed by atoms with Crippen LogP contribution in [0.2, 0.25) is 0 Å². The van der Waals surface area contributed by atoms with Crippen LogP contribution in [0.5, 0.6) is 0 Å². The quantitative estimate of drug-likeness (QED) is 0.0390. The van der Waals surface area contributed by atoms with E-state index in [9.17, 15) is 47.0 Å². The van der Waals surface area contributed by atoms with E-state index < -0.39 is 23.3 Å². The number of aromatic nitrogens is 2. The molecule has 4 amide bonds. The molecule has 2 saturated carbocycles. The number of Topliss-reactive ketones (excluding diaryl/α,β-unsaturated/α-hetero) is 2. The second-order valence-electron chi connectivity index (χ2n) is 46.8. The van der Waals surface area contributed by atoms with Crippen LogP contribution in [0.1, 0.15) is 278 Å². The number of carbonyl (C=O) groups excluding carboxylic acids is 6. The maximum absolute atomic E-state index is 12.8. The molecule has 10 fully saturated rings. The van der Waals surface area contributed by atoms with Crippen molar-refractivity contribution in [2.24, 2.45) is 54.2 Å². The average molecular weight is 1870 g/mol. The Morgan fingerprint density at radius 3 is 1.36 bits per heavy atom. The molecule has 1 aromatic carbocycles. The summed E-state index contributed by atoms with van der Waals surface area (Å²) in [6.45, 7) is 78.5. The maximum atomic E-state index is 12.8. The van der Waals surface area contributed by atoms with Crippen molar-refractivity contribution in [2.75, 3.05) is 178 Å². The van der Waals surface area contributed by atoms with Crippen LogP contribution >= 0.6 is 0 Å². The summed E-state index contributed by atoms with van der Waals surface area (Å²) in [4.78, 5) is 89.7. The summed E-state index contributed by atoms with van der Waals surface area (Å²) in [5.74, 6) is 2.86. The number of aliphatic hydroxyl groups is 1. The van der Waals surface area contributed by atoms with Crippen LogP contribution in [0.15, 0.2) is 36.5 Å². The summed E-state index contributed by atoms with van der Waals surface area (Å²) in [7, 11) is 5.17. The summed E-state index contributed by atoms with van der Waals surface area (Å²) in [6, 6.07) is 11.7. The Morgan fingerprint density at radius 2 is 0.970 bits per heavy atom. The SMILES string of the molecule is CC(C)(C)N1CC(CNC(=O)C2CCC(O)CC2)C1.CC(C)(C)N1CC(CNC(=O)C2CCCO2)C1.CC(C)(C)N1CC(CNC(=O)[C@@H]2CCC(=O)C2)C1.CC(C)(C)N1CC(NCc2ccccc2)C1.CC(C)(C)N1CCC(N)C1.CCCN(C)C(C)(C)C.COCCOCCOCC(=O)CCC1CN(C(C)(C)C)C1.Cn1cc(C(=O)NCC2CN(C(C)(C)C)C2)c(C(F)(F)F)n1. The summed E-state index contributed by atoms with van der Waals surface area (Å²) < 4.78 is 60.2. The molecule has 2 aromatic rings. The Kier molecular flexibility index (Phi) is 47.9. The third-order valence-electron chi connectivity index (χ3n) is 27.1. The number of nitrogens with zero attached hydrogens (tertiary/aromatic N) is 10. The van der Waals surface area contributed by atoms with Crippen LogP contribution in [0, 0.1) is 41.4 Å². The smallest absolute Gasteiger partial charge is 0.393 e. The van der Waals surface area contributed by atoms with Crippen molar-refractivity contribution < 1.29 is 66.0 Å². The molecule has 2 unspecified atom stereocenters. The number of halogens is 3. The number of rotatable bonds is 28. The van der Waals surface area contributed by atoms with Crippen LogP contribution in [0.25, 0.3) is 0 Å². The third-order valence-corrected chi connectivity index (χ3v) is 27.1. The topological polar surface area (TPSA) is 289 Å². The maximum Gasteiger partial charge on any atom is 0.435 e. The van der Waals surface area contributed by atoms with Crippen molar-refractivity contribution in [2.45, 2.75) is 338 Å². The highest BCUT2D eigenvalue weighted by atomic mass is 19.4. The molecule has 2 aliphatic carbocycles. The minimum atomic E-state index is -4.63. The molecule has 0 bridgehead atoms. The van der Waals surface area contributed by atoms with Crippen LogP contribution in [0.3, 0.4) is 0 Å². The van der Waals surface area contributed by atoms with Crippen molar-refractivity contribution in [3.8, 4) is 0 Å². The number of hydrogen-bond acceptors (Lipinski definition) is 22. The Bertz CT molecular complexity index is 3660. The second kappa shape index (κ2) is 53.9. The molecular weight excluding hydrogens is 1680 g/mol. The second-order valence-corrected chi connectivity index (χ2v) is 46.8. The zero-order valence-electron chi connectivity index (χ0n) is 87.6. The van der Waals surface area contributed by atoms with Gasteiger partial charge in [0.2, 0.25) is 17.7 Å². The third kappa shape index (κ3) is 43.5. The van der Waals surface area contributed by atoms with E-state index in [0.29, 0.717) is 105 Å². The highest BCUT2D eigenvalue weighted by Gasteiger charge is 2.43. The van der Waals surface area contributed by atoms with E-state index >= 15 is 0 Å². The average Bonchev–Trinajstić information content (AvgIpc) is 1.86. The highest BCUT2D eigenvalue weighted by Crippen LogP contribution is 2.35. The number of ketones is 2. The fraction of sp³-hybridized carbons (Fsp3) is 0.853. The number of nitrogens with two attached hydrogens (primary N) is 1. The molecule has 30 heteroatoms. The van der Waals surface area contributed by atoms with Crippen LogP contribution in [-0.2, 0) is 62.7 Å². The highest BCUT2D eigenvalue weighted by molar-refractivity contribution is 5.95. The lowest BCUT2D eigenvalue weighted by molar-refractivity contribution is -0.141. The predicted molar refractivity (Wildman–Crippen MR) is 526 cm³/mol. The lowest BCUT2D eigenvalue weighted by Gasteiger charge is -2.48. The molecule has 8 aliphatic heterocycles. The number of hydrogen-bond donors (Lipinski definition) is 7. The number of carbonyl (C=O) groups is 6. The number of alkyl halides is 3. The standard InChI is InChI=1S/C16H31NO4.C15H28N2O2.C14H21F3N4O.C14H24N2O2.C14H22N2.C13H24N2O2.C8H18N2.C8H19N/c1-16(2,3)17-11-14(12-17)5-6-15(18)13-21-10-9-20-8-7-19-4;1-15(2,3)17-9-11(10-17)8-16-14(19)12-4-6-13(18)7-5-12;1-13(2,3)21-6-9(7-21)5-18-12(22)10-8-20(4)19-11(10)14(15,16)17;1-14(2,3)16-8-10(9-16)7-15-13(18)11-4-5-12(17)6-11;1-14(2,3)16-10-13(11-16)15-9-12-7-5-4-6-8-12;1-13(2,3)15-8-10(9-15)7-14-12(16)11-5-4-6-17-11;1-8(2,3)10-5-4-7(9)6-10;1-6-7-9(5)8(2,3)4/h14H,5-13H2,1-4H3;11-13,18H,4-10H2,1-3H3,(H,16,19);8-9H,5-7H2,1-4H3,(H,18,22);10-11H,4-9H2,1-3H3,(H,15,18);4-8,13,15H,9-11H2,1-3H3;10-11H,4-9H2,1-3H3,(H,14,16);7H,4-6,9H2,1-3H3;6-7H2,1-5H3/t;;;11-;;;;/m...1..../s1. The number of amides is 4. The molecule has 0 spiro atoms. The fourth-order valence-electron chi connectivity index (χ4n) is 16.8. The van der Waals surface area contributed by atoms with Gasteiger partial charge in [0.15, 0.2) is 11.5 Å². The molecule has 762 valence electrons. The molecular formula is C102H187F3N16O11. The van der Waals surface area contributed by atoms with E-state index in [0.717, 1.165) is 173 Å². The molecule has 3 atom stereocenters. The van der Waals surface area contributed by atoms with E-state index in [2.05, 4.69) is 281 Å². The zero-order valence-corrected chi connectivity index (χ0v) is 87.6. The van der Waals surface area contributed by atoms with E-state index in [-0.39, 0.29) is 93.6 Å². The first-order valence-electron chi connectivity index (χ1n) is 49.8. The van der Waals surface area contributed by atoms with Gasteiger partial charge in [0.1, 0.15) is 18.5 Å². The molecule has 8 N–H and O–H groups in total. The Morgan fingerprint density at radius 1 is 0.538 bits per heavy atom. The molecule has 10 aliphatic rings. The first-order chi connectivity index (χ1) is 61.1. The molecule has 27 nitrogen and oxygen atoms in total. The molecule has 9 heterocycles. The Balaban J connectivity index is 0.000000270. The number of nitrogens with one attached hydrogen (secondary N) is 5. The Labute approximate surface area is 796 Å². The predicted octanol–water partition coefficient (Wildman–Crippen LogP) is 12.4. The minimum Gasteiger partial charge on any atom is -0.393 e. The van der Waals surface area contributed by atoms with E-state index in [4.69, 9.17) is 24.7 Å². The summed E-state index contributed by atoms with van der Waals surface area (Å²) in [5, 5.41) is 28.1. The number of likely N-dealkylation sites (tertiary alicyclic amines) is 7. The van der Waals surface area contributed by atoms with Crippen molar-refractivity contribution in [1.29, 1.82) is 0 Å². The van der Waals surface area contributed by atoms with Crippen LogP contribution < -0.4 is 32.3 Å². The van der Waals surface area contributed by atoms with Crippen molar-refractivity contribution >= 4 is 35.2 Å². The Hall–Kier alpha value is -5.16. The van der Waals surface area contributed by atoms with Gasteiger partial charge >= 0.3 is 6.18 Å². The monoisotopic (exact) mass is 1870 g/mol. The van der Waals surface area contributed by atoms with Gasteiger partial charge in [0.05, 0.1) is 38.1 Å². The van der Waals surface area contributed by atoms with E-state index in [1.165, 1.54) is 45.2 Å². The summed E-state index contributed by atoms with van der Waals surface area (Å²) in [6.07, 6.45) is 7.02. The first-order valence-corrected chi connectivity index (χ1v) is 49.8. The molecule has 8 saturated heterocycles. The van der Waals surface area contributed by atoms with Gasteiger partial charge < -0.3 is 61.3 Å². The fourth-order valence-corrected chi connectivity index (χ4v) is 16.8. The first kappa shape index (κ1) is 117. The van der Waals surface area contributed by atoms with Crippen LogP contribution in [0.4, 0.5) is 13.2 Å². The van der Waals surface area contributed by atoms with Gasteiger partial charge in [-0.15, -0.1) is 0 Å². The normalized spacial score (nSPS) is 22.3. The summed E-state index contributed by atoms with van der Waals surface area (Å²) >= 11 is 0. The molecule has 12 rings (SSSR count). The number of ether oxygens (including phenoxy) is 4.